The number of hydrogen-bond acceptors (Lipinski definition) is 7. The molecule has 0 heterocycles. The Labute approximate surface area is 390 Å². The van der Waals surface area contributed by atoms with E-state index in [1.807, 2.05) is 21.1 Å². The van der Waals surface area contributed by atoms with Gasteiger partial charge in [-0.15, -0.1) is 0 Å². The zero-order chi connectivity index (χ0) is 46.6. The molecule has 2 aromatic rings. The largest absolute Gasteiger partial charge is 0.472 e. The number of phosphoric acid groups is 1. The van der Waals surface area contributed by atoms with Crippen molar-refractivity contribution in [2.75, 3.05) is 47.5 Å². The molecule has 2 rings (SSSR count). The van der Waals surface area contributed by atoms with Gasteiger partial charge in [0.05, 0.1) is 27.7 Å². The van der Waals surface area contributed by atoms with Gasteiger partial charge in [-0.05, 0) is 63.5 Å². The Kier molecular flexibility index (Phi) is 32.2. The molecule has 0 bridgehead atoms. The van der Waals surface area contributed by atoms with Crippen LogP contribution in [0.4, 0.5) is 0 Å². The lowest BCUT2D eigenvalue weighted by molar-refractivity contribution is -0.870. The number of phosphoric ester groups is 1. The van der Waals surface area contributed by atoms with Crippen molar-refractivity contribution in [3.8, 4) is 0 Å². The highest BCUT2D eigenvalue weighted by atomic mass is 31.2. The average Bonchev–Trinajstić information content (AvgIpc) is 3.25. The quantitative estimate of drug-likeness (QED) is 0.0305. The summed E-state index contributed by atoms with van der Waals surface area (Å²) < 4.78 is 34.5. The number of carbonyl (C=O) groups is 2. The van der Waals surface area contributed by atoms with Gasteiger partial charge < -0.3 is 18.9 Å². The van der Waals surface area contributed by atoms with E-state index in [-0.39, 0.29) is 32.0 Å². The number of likely N-dealkylation sites (N-methyl/N-ethyl adjacent to an activating group) is 1. The van der Waals surface area contributed by atoms with Gasteiger partial charge in [-0.2, -0.15) is 0 Å². The number of rotatable bonds is 40. The SMILES string of the molecule is Cc1ccc(/C=C\CCCCCCCCCCCCCC(=O)OC[C@H](COP(=O)(O)OCC[N+](C)(C)C)OC(=O)CCCCCCCCCCCCC/C=C\c2ccc(C)cc2)cc1. The van der Waals surface area contributed by atoms with E-state index in [1.165, 1.54) is 119 Å². The van der Waals surface area contributed by atoms with Crippen molar-refractivity contribution in [3.63, 3.8) is 0 Å². The van der Waals surface area contributed by atoms with Crippen molar-refractivity contribution < 1.29 is 42.1 Å². The van der Waals surface area contributed by atoms with Gasteiger partial charge in [-0.3, -0.25) is 18.6 Å². The number of unbranched alkanes of at least 4 members (excludes halogenated alkanes) is 22. The maximum atomic E-state index is 12.8. The van der Waals surface area contributed by atoms with Crippen molar-refractivity contribution in [2.24, 2.45) is 0 Å². The van der Waals surface area contributed by atoms with Crippen molar-refractivity contribution in [3.05, 3.63) is 82.9 Å². The number of benzene rings is 2. The highest BCUT2D eigenvalue weighted by Crippen LogP contribution is 2.43. The third-order valence-electron chi connectivity index (χ3n) is 11.4. The monoisotopic (exact) mass is 911 g/mol. The summed E-state index contributed by atoms with van der Waals surface area (Å²) in [5.41, 5.74) is 5.13. The lowest BCUT2D eigenvalue weighted by Crippen LogP contribution is -2.37. The summed E-state index contributed by atoms with van der Waals surface area (Å²) in [6.45, 7) is 4.12. The minimum absolute atomic E-state index is 0.0265. The number of quaternary nitrogens is 1. The lowest BCUT2D eigenvalue weighted by Gasteiger charge is -2.24. The number of carbonyl (C=O) groups excluding carboxylic acids is 2. The Balaban J connectivity index is 1.53. The second kappa shape index (κ2) is 36.1. The third-order valence-corrected chi connectivity index (χ3v) is 12.4. The Morgan fingerprint density at radius 2 is 0.922 bits per heavy atom. The fourth-order valence-corrected chi connectivity index (χ4v) is 8.04. The first-order valence-electron chi connectivity index (χ1n) is 25.1. The zero-order valence-corrected chi connectivity index (χ0v) is 41.8. The Morgan fingerprint density at radius 1 is 0.547 bits per heavy atom. The molecule has 0 saturated heterocycles. The highest BCUT2D eigenvalue weighted by Gasteiger charge is 2.27. The minimum Gasteiger partial charge on any atom is -0.462 e. The molecule has 0 fully saturated rings. The van der Waals surface area contributed by atoms with Gasteiger partial charge in [0, 0.05) is 12.8 Å². The second-order valence-corrected chi connectivity index (χ2v) is 20.3. The number of aryl methyl sites for hydroxylation is 2. The molecule has 0 aliphatic heterocycles. The van der Waals surface area contributed by atoms with Crippen LogP contribution in [0.25, 0.3) is 12.2 Å². The molecule has 10 heteroatoms. The van der Waals surface area contributed by atoms with Crippen LogP contribution in [0.1, 0.15) is 189 Å². The molecule has 2 atom stereocenters. The van der Waals surface area contributed by atoms with E-state index in [4.69, 9.17) is 18.5 Å². The highest BCUT2D eigenvalue weighted by molar-refractivity contribution is 7.47. The molecule has 0 spiro atoms. The molecule has 0 aliphatic carbocycles. The van der Waals surface area contributed by atoms with Gasteiger partial charge in [-0.1, -0.05) is 200 Å². The van der Waals surface area contributed by atoms with Crippen molar-refractivity contribution in [1.29, 1.82) is 0 Å². The van der Waals surface area contributed by atoms with Crippen LogP contribution in [0.2, 0.25) is 0 Å². The topological polar surface area (TPSA) is 108 Å². The Morgan fingerprint density at radius 3 is 1.33 bits per heavy atom. The first-order valence-corrected chi connectivity index (χ1v) is 26.5. The molecule has 2 aromatic carbocycles. The van der Waals surface area contributed by atoms with Crippen LogP contribution in [-0.4, -0.2) is 74.9 Å². The fraction of sp³-hybridized carbons (Fsp3) is 0.667. The van der Waals surface area contributed by atoms with E-state index in [0.29, 0.717) is 17.4 Å². The predicted molar refractivity (Wildman–Crippen MR) is 266 cm³/mol. The first-order chi connectivity index (χ1) is 30.8. The molecular formula is C54H89NO8P+. The Hall–Kier alpha value is -3.07. The summed E-state index contributed by atoms with van der Waals surface area (Å²) in [6.07, 6.45) is 36.3. The molecule has 362 valence electrons. The molecule has 0 aliphatic rings. The summed E-state index contributed by atoms with van der Waals surface area (Å²) in [4.78, 5) is 35.6. The number of esters is 2. The maximum Gasteiger partial charge on any atom is 0.472 e. The van der Waals surface area contributed by atoms with Crippen molar-refractivity contribution >= 4 is 31.9 Å². The summed E-state index contributed by atoms with van der Waals surface area (Å²) in [7, 11) is 1.46. The van der Waals surface area contributed by atoms with E-state index in [0.717, 1.165) is 51.4 Å². The lowest BCUT2D eigenvalue weighted by atomic mass is 10.0. The van der Waals surface area contributed by atoms with Crippen molar-refractivity contribution in [1.82, 2.24) is 0 Å². The molecule has 9 nitrogen and oxygen atoms in total. The van der Waals surface area contributed by atoms with Gasteiger partial charge in [0.15, 0.2) is 6.10 Å². The van der Waals surface area contributed by atoms with Gasteiger partial charge >= 0.3 is 19.8 Å². The molecular weight excluding hydrogens is 822 g/mol. The summed E-state index contributed by atoms with van der Waals surface area (Å²) in [5, 5.41) is 0. The van der Waals surface area contributed by atoms with Crippen LogP contribution in [-0.2, 0) is 32.7 Å². The summed E-state index contributed by atoms with van der Waals surface area (Å²) >= 11 is 0. The van der Waals surface area contributed by atoms with E-state index in [2.05, 4.69) is 86.7 Å². The zero-order valence-electron chi connectivity index (χ0n) is 40.9. The van der Waals surface area contributed by atoms with Crippen LogP contribution in [0, 0.1) is 13.8 Å². The standard InChI is InChI=1S/C54H88NO8P/c1-48-36-40-50(41-37-48)32-28-24-20-16-12-8-6-10-14-18-22-26-30-34-53(56)60-46-52(47-62-64(58,59)61-45-44-55(3,4)5)63-54(57)35-31-27-23-19-15-11-7-9-13-17-21-25-29-33-51-42-38-49(2)39-43-51/h28-29,32-33,36-43,52H,6-27,30-31,34-35,44-47H2,1-5H3/p+1/b32-28-,33-29-/t52-/m1/s1. The third kappa shape index (κ3) is 34.3. The maximum absolute atomic E-state index is 12.8. The Bertz CT molecular complexity index is 1580. The molecule has 64 heavy (non-hydrogen) atoms. The predicted octanol–water partition coefficient (Wildman–Crippen LogP) is 14.5. The van der Waals surface area contributed by atoms with Crippen LogP contribution in [0.5, 0.6) is 0 Å². The summed E-state index contributed by atoms with van der Waals surface area (Å²) in [6, 6.07) is 17.3. The van der Waals surface area contributed by atoms with Gasteiger partial charge in [0.25, 0.3) is 0 Å². The molecule has 1 N–H and O–H groups in total. The summed E-state index contributed by atoms with van der Waals surface area (Å²) in [5.74, 6) is -0.809. The first kappa shape index (κ1) is 57.1. The fourth-order valence-electron chi connectivity index (χ4n) is 7.30. The molecule has 0 aromatic heterocycles. The van der Waals surface area contributed by atoms with Crippen LogP contribution in [0.15, 0.2) is 60.7 Å². The van der Waals surface area contributed by atoms with E-state index >= 15 is 0 Å². The van der Waals surface area contributed by atoms with Gasteiger partial charge in [0.2, 0.25) is 0 Å². The van der Waals surface area contributed by atoms with Gasteiger partial charge in [0.1, 0.15) is 19.8 Å². The average molecular weight is 911 g/mol. The second-order valence-electron chi connectivity index (χ2n) is 18.9. The normalized spacial score (nSPS) is 13.4. The van der Waals surface area contributed by atoms with E-state index in [1.54, 1.807) is 0 Å². The van der Waals surface area contributed by atoms with E-state index < -0.39 is 26.5 Å². The number of ether oxygens (including phenoxy) is 2. The molecule has 0 amide bonds. The van der Waals surface area contributed by atoms with Crippen LogP contribution < -0.4 is 0 Å². The van der Waals surface area contributed by atoms with Gasteiger partial charge in [-0.25, -0.2) is 4.57 Å². The smallest absolute Gasteiger partial charge is 0.462 e. The molecule has 0 saturated carbocycles. The van der Waals surface area contributed by atoms with Crippen LogP contribution in [0.3, 0.4) is 0 Å². The number of nitrogens with zero attached hydrogens (tertiary/aromatic N) is 1. The number of hydrogen-bond donors (Lipinski definition) is 1. The molecule has 1 unspecified atom stereocenters. The van der Waals surface area contributed by atoms with E-state index in [9.17, 15) is 19.0 Å². The van der Waals surface area contributed by atoms with Crippen molar-refractivity contribution in [2.45, 2.75) is 187 Å². The minimum atomic E-state index is -4.39. The number of allylic oxidation sites excluding steroid dienone is 2. The molecule has 0 radical (unpaired) electrons. The van der Waals surface area contributed by atoms with Crippen LogP contribution >= 0.6 is 7.82 Å².